The molecule has 0 amide bonds. The van der Waals surface area contributed by atoms with Crippen molar-refractivity contribution < 1.29 is 4.74 Å². The molecule has 2 N–H and O–H groups in total. The predicted octanol–water partition coefficient (Wildman–Crippen LogP) is 1.84. The van der Waals surface area contributed by atoms with Gasteiger partial charge < -0.3 is 10.5 Å². The zero-order valence-electron chi connectivity index (χ0n) is 10.2. The Kier molecular flexibility index (Phi) is 3.54. The summed E-state index contributed by atoms with van der Waals surface area (Å²) in [7, 11) is 1.66. The zero-order chi connectivity index (χ0) is 12.3. The van der Waals surface area contributed by atoms with Gasteiger partial charge >= 0.3 is 0 Å². The van der Waals surface area contributed by atoms with Gasteiger partial charge in [-0.25, -0.2) is 9.97 Å². The molecule has 0 saturated carbocycles. The fraction of sp³-hybridized carbons (Fsp3) is 0.385. The molecule has 90 valence electrons. The lowest BCUT2D eigenvalue weighted by Crippen LogP contribution is -2.04. The standard InChI is InChI=1S/C13H17N3O/c1-9-15-12(4-3-7-14)11-6-5-10(17-2)8-13(11)16-9/h5-6,8H,3-4,7,14H2,1-2H3. The van der Waals surface area contributed by atoms with Crippen molar-refractivity contribution in [3.63, 3.8) is 0 Å². The lowest BCUT2D eigenvalue weighted by Gasteiger charge is -2.07. The molecular formula is C13H17N3O. The number of rotatable bonds is 4. The van der Waals surface area contributed by atoms with Gasteiger partial charge in [-0.15, -0.1) is 0 Å². The number of ether oxygens (including phenoxy) is 1. The second kappa shape index (κ2) is 5.10. The molecule has 4 heteroatoms. The Bertz CT molecular complexity index is 525. The fourth-order valence-corrected chi connectivity index (χ4v) is 1.89. The highest BCUT2D eigenvalue weighted by Gasteiger charge is 2.06. The van der Waals surface area contributed by atoms with E-state index in [2.05, 4.69) is 9.97 Å². The van der Waals surface area contributed by atoms with Crippen LogP contribution in [0.1, 0.15) is 17.9 Å². The lowest BCUT2D eigenvalue weighted by molar-refractivity contribution is 0.415. The second-order valence-electron chi connectivity index (χ2n) is 3.99. The minimum absolute atomic E-state index is 0.681. The molecule has 1 aromatic carbocycles. The minimum Gasteiger partial charge on any atom is -0.497 e. The van der Waals surface area contributed by atoms with Crippen LogP contribution in [0.5, 0.6) is 5.75 Å². The van der Waals surface area contributed by atoms with Crippen molar-refractivity contribution >= 4 is 10.9 Å². The van der Waals surface area contributed by atoms with E-state index in [-0.39, 0.29) is 0 Å². The highest BCUT2D eigenvalue weighted by molar-refractivity contribution is 5.82. The Morgan fingerprint density at radius 3 is 2.82 bits per heavy atom. The Balaban J connectivity index is 2.51. The molecule has 2 rings (SSSR count). The quantitative estimate of drug-likeness (QED) is 0.872. The zero-order valence-corrected chi connectivity index (χ0v) is 10.2. The molecule has 0 aliphatic heterocycles. The summed E-state index contributed by atoms with van der Waals surface area (Å²) in [5.74, 6) is 1.61. The number of nitrogens with zero attached hydrogens (tertiary/aromatic N) is 2. The van der Waals surface area contributed by atoms with Gasteiger partial charge in [0, 0.05) is 11.5 Å². The van der Waals surface area contributed by atoms with E-state index in [0.717, 1.165) is 41.0 Å². The average Bonchev–Trinajstić information content (AvgIpc) is 2.34. The van der Waals surface area contributed by atoms with Gasteiger partial charge in [0.15, 0.2) is 0 Å². The smallest absolute Gasteiger partial charge is 0.126 e. The van der Waals surface area contributed by atoms with Gasteiger partial charge in [0.2, 0.25) is 0 Å². The summed E-state index contributed by atoms with van der Waals surface area (Å²) in [6.07, 6.45) is 1.83. The van der Waals surface area contributed by atoms with Crippen LogP contribution in [0.3, 0.4) is 0 Å². The largest absolute Gasteiger partial charge is 0.497 e. The van der Waals surface area contributed by atoms with Gasteiger partial charge in [0.05, 0.1) is 18.3 Å². The van der Waals surface area contributed by atoms with Crippen molar-refractivity contribution in [1.82, 2.24) is 9.97 Å². The van der Waals surface area contributed by atoms with Crippen LogP contribution in [-0.4, -0.2) is 23.6 Å². The predicted molar refractivity (Wildman–Crippen MR) is 68.2 cm³/mol. The number of benzene rings is 1. The first-order valence-electron chi connectivity index (χ1n) is 5.76. The summed E-state index contributed by atoms with van der Waals surface area (Å²) < 4.78 is 5.20. The summed E-state index contributed by atoms with van der Waals surface area (Å²) in [5, 5.41) is 1.09. The van der Waals surface area contributed by atoms with Crippen molar-refractivity contribution in [3.8, 4) is 5.75 Å². The van der Waals surface area contributed by atoms with Crippen LogP contribution in [0.4, 0.5) is 0 Å². The first-order valence-corrected chi connectivity index (χ1v) is 5.76. The van der Waals surface area contributed by atoms with Crippen molar-refractivity contribution in [1.29, 1.82) is 0 Å². The Morgan fingerprint density at radius 1 is 1.29 bits per heavy atom. The molecule has 0 unspecified atom stereocenters. The maximum Gasteiger partial charge on any atom is 0.126 e. The van der Waals surface area contributed by atoms with E-state index < -0.39 is 0 Å². The third-order valence-corrected chi connectivity index (χ3v) is 2.71. The molecule has 4 nitrogen and oxygen atoms in total. The van der Waals surface area contributed by atoms with Crippen LogP contribution >= 0.6 is 0 Å². The molecule has 0 spiro atoms. The lowest BCUT2D eigenvalue weighted by atomic mass is 10.1. The number of hydrogen-bond acceptors (Lipinski definition) is 4. The van der Waals surface area contributed by atoms with Crippen LogP contribution in [0, 0.1) is 6.92 Å². The summed E-state index contributed by atoms with van der Waals surface area (Å²) in [4.78, 5) is 8.92. The number of aryl methyl sites for hydroxylation is 2. The van der Waals surface area contributed by atoms with Crippen molar-refractivity contribution in [2.45, 2.75) is 19.8 Å². The van der Waals surface area contributed by atoms with E-state index in [4.69, 9.17) is 10.5 Å². The van der Waals surface area contributed by atoms with Crippen molar-refractivity contribution in [2.24, 2.45) is 5.73 Å². The normalized spacial score (nSPS) is 10.8. The molecule has 17 heavy (non-hydrogen) atoms. The molecule has 0 fully saturated rings. The van der Waals surface area contributed by atoms with Gasteiger partial charge in [-0.05, 0) is 38.4 Å². The number of fused-ring (bicyclic) bond motifs is 1. The SMILES string of the molecule is COc1ccc2c(CCCN)nc(C)nc2c1. The maximum absolute atomic E-state index is 5.54. The van der Waals surface area contributed by atoms with Gasteiger partial charge in [0.25, 0.3) is 0 Å². The monoisotopic (exact) mass is 231 g/mol. The van der Waals surface area contributed by atoms with Crippen LogP contribution in [0.2, 0.25) is 0 Å². The Hall–Kier alpha value is -1.68. The highest BCUT2D eigenvalue weighted by atomic mass is 16.5. The summed E-state index contributed by atoms with van der Waals surface area (Å²) in [6, 6.07) is 5.89. The molecular weight excluding hydrogens is 214 g/mol. The summed E-state index contributed by atoms with van der Waals surface area (Å²) in [5.41, 5.74) is 7.54. The minimum atomic E-state index is 0.681. The van der Waals surface area contributed by atoms with Gasteiger partial charge in [-0.2, -0.15) is 0 Å². The molecule has 0 aliphatic carbocycles. The molecule has 2 aromatic rings. The van der Waals surface area contributed by atoms with E-state index >= 15 is 0 Å². The summed E-state index contributed by atoms with van der Waals surface area (Å²) >= 11 is 0. The van der Waals surface area contributed by atoms with E-state index in [1.807, 2.05) is 25.1 Å². The molecule has 0 aliphatic rings. The van der Waals surface area contributed by atoms with Gasteiger partial charge in [-0.3, -0.25) is 0 Å². The Morgan fingerprint density at radius 2 is 2.12 bits per heavy atom. The van der Waals surface area contributed by atoms with Gasteiger partial charge in [0.1, 0.15) is 11.6 Å². The molecule has 1 heterocycles. The highest BCUT2D eigenvalue weighted by Crippen LogP contribution is 2.22. The van der Waals surface area contributed by atoms with E-state index in [9.17, 15) is 0 Å². The molecule has 0 saturated heterocycles. The maximum atomic E-state index is 5.54. The average molecular weight is 231 g/mol. The summed E-state index contributed by atoms with van der Waals surface area (Å²) in [6.45, 7) is 2.59. The second-order valence-corrected chi connectivity index (χ2v) is 3.99. The van der Waals surface area contributed by atoms with E-state index in [1.54, 1.807) is 7.11 Å². The first kappa shape index (κ1) is 11.8. The number of aromatic nitrogens is 2. The van der Waals surface area contributed by atoms with Crippen LogP contribution in [-0.2, 0) is 6.42 Å². The Labute approximate surface area is 101 Å². The van der Waals surface area contributed by atoms with Crippen LogP contribution in [0.15, 0.2) is 18.2 Å². The topological polar surface area (TPSA) is 61.0 Å². The molecule has 1 aromatic heterocycles. The number of nitrogens with two attached hydrogens (primary N) is 1. The third kappa shape index (κ3) is 2.53. The van der Waals surface area contributed by atoms with Crippen LogP contribution in [0.25, 0.3) is 10.9 Å². The first-order chi connectivity index (χ1) is 8.24. The fourth-order valence-electron chi connectivity index (χ4n) is 1.89. The number of methoxy groups -OCH3 is 1. The molecule has 0 radical (unpaired) electrons. The van der Waals surface area contributed by atoms with E-state index in [1.165, 1.54) is 0 Å². The van der Waals surface area contributed by atoms with Gasteiger partial charge in [-0.1, -0.05) is 0 Å². The third-order valence-electron chi connectivity index (χ3n) is 2.71. The molecule has 0 bridgehead atoms. The molecule has 0 atom stereocenters. The van der Waals surface area contributed by atoms with Crippen LogP contribution < -0.4 is 10.5 Å². The van der Waals surface area contributed by atoms with Crippen molar-refractivity contribution in [2.75, 3.05) is 13.7 Å². The van der Waals surface area contributed by atoms with Crippen molar-refractivity contribution in [3.05, 3.63) is 29.7 Å². The number of hydrogen-bond donors (Lipinski definition) is 1. The van der Waals surface area contributed by atoms with E-state index in [0.29, 0.717) is 6.54 Å².